The van der Waals surface area contributed by atoms with Crippen LogP contribution in [-0.4, -0.2) is 23.0 Å². The minimum atomic E-state index is -4.03. The molecule has 0 fully saturated rings. The Morgan fingerprint density at radius 2 is 1.83 bits per heavy atom. The van der Waals surface area contributed by atoms with Crippen molar-refractivity contribution in [2.24, 2.45) is 0 Å². The molecule has 2 aromatic heterocycles. The molecule has 0 bridgehead atoms. The number of halogens is 2. The average Bonchev–Trinajstić information content (AvgIpc) is 3.08. The van der Waals surface area contributed by atoms with Gasteiger partial charge in [-0.3, -0.25) is 8.71 Å². The summed E-state index contributed by atoms with van der Waals surface area (Å²) in [5.74, 6) is 0.180. The Morgan fingerprint density at radius 3 is 2.55 bits per heavy atom. The molecule has 0 atom stereocenters. The molecule has 0 aliphatic carbocycles. The number of benzene rings is 2. The van der Waals surface area contributed by atoms with Crippen LogP contribution in [0.3, 0.4) is 0 Å². The lowest BCUT2D eigenvalue weighted by molar-refractivity contribution is 0.590. The second-order valence-electron chi connectivity index (χ2n) is 6.43. The number of nitrogens with zero attached hydrogens (tertiary/aromatic N) is 4. The Balaban J connectivity index is 1.88. The zero-order valence-corrected chi connectivity index (χ0v) is 16.9. The van der Waals surface area contributed by atoms with Crippen molar-refractivity contribution in [1.82, 2.24) is 14.6 Å². The monoisotopic (exact) mass is 430 g/mol. The van der Waals surface area contributed by atoms with E-state index in [9.17, 15) is 12.8 Å². The minimum Gasteiger partial charge on any atom is -0.286 e. The van der Waals surface area contributed by atoms with E-state index in [-0.39, 0.29) is 17.1 Å². The van der Waals surface area contributed by atoms with Crippen LogP contribution in [0.15, 0.2) is 71.8 Å². The summed E-state index contributed by atoms with van der Waals surface area (Å²) >= 11 is 6.11. The van der Waals surface area contributed by atoms with Gasteiger partial charge in [-0.2, -0.15) is 0 Å². The number of hydrogen-bond acceptors (Lipinski definition) is 4. The SMILES string of the molecule is Cc1nnc2c(S(=O)(=O)N(Cc3ccc(F)cc3)c3cccc(Cl)c3)cccn12. The lowest BCUT2D eigenvalue weighted by Crippen LogP contribution is -2.31. The number of hydrogen-bond donors (Lipinski definition) is 0. The van der Waals surface area contributed by atoms with Crippen LogP contribution in [0.5, 0.6) is 0 Å². The van der Waals surface area contributed by atoms with Gasteiger partial charge in [0, 0.05) is 11.2 Å². The van der Waals surface area contributed by atoms with Crippen LogP contribution in [0.1, 0.15) is 11.4 Å². The molecule has 0 saturated carbocycles. The number of aryl methyl sites for hydroxylation is 1. The van der Waals surface area contributed by atoms with Gasteiger partial charge >= 0.3 is 0 Å². The molecule has 0 unspecified atom stereocenters. The summed E-state index contributed by atoms with van der Waals surface area (Å²) in [6.45, 7) is 1.74. The van der Waals surface area contributed by atoms with Gasteiger partial charge in [0.05, 0.1) is 12.2 Å². The number of pyridine rings is 1. The highest BCUT2D eigenvalue weighted by atomic mass is 35.5. The predicted molar refractivity (Wildman–Crippen MR) is 109 cm³/mol. The van der Waals surface area contributed by atoms with Crippen molar-refractivity contribution in [2.45, 2.75) is 18.4 Å². The largest absolute Gasteiger partial charge is 0.286 e. The Labute approximate surface area is 172 Å². The van der Waals surface area contributed by atoms with Gasteiger partial charge in [-0.15, -0.1) is 10.2 Å². The highest BCUT2D eigenvalue weighted by molar-refractivity contribution is 7.93. The molecule has 9 heteroatoms. The van der Waals surface area contributed by atoms with Crippen LogP contribution in [0, 0.1) is 12.7 Å². The molecule has 29 heavy (non-hydrogen) atoms. The first-order chi connectivity index (χ1) is 13.9. The first-order valence-electron chi connectivity index (χ1n) is 8.69. The third-order valence-electron chi connectivity index (χ3n) is 4.47. The summed E-state index contributed by atoms with van der Waals surface area (Å²) in [5, 5.41) is 8.41. The first-order valence-corrected chi connectivity index (χ1v) is 10.5. The summed E-state index contributed by atoms with van der Waals surface area (Å²) in [7, 11) is -4.03. The maximum atomic E-state index is 13.7. The van der Waals surface area contributed by atoms with E-state index in [4.69, 9.17) is 11.6 Å². The van der Waals surface area contributed by atoms with Gasteiger partial charge in [-0.05, 0) is 55.0 Å². The van der Waals surface area contributed by atoms with Gasteiger partial charge in [0.1, 0.15) is 16.5 Å². The smallest absolute Gasteiger partial charge is 0.268 e. The predicted octanol–water partition coefficient (Wildman–Crippen LogP) is 4.23. The third kappa shape index (κ3) is 3.68. The van der Waals surface area contributed by atoms with Crippen molar-refractivity contribution in [3.05, 3.63) is 89.1 Å². The molecule has 0 amide bonds. The zero-order valence-electron chi connectivity index (χ0n) is 15.3. The standard InChI is InChI=1S/C20H16ClFN4O2S/c1-14-23-24-20-19(6-3-11-25(14)20)29(27,28)26(18-5-2-4-16(21)12-18)13-15-7-9-17(22)10-8-15/h2-12H,13H2,1H3. The number of rotatable bonds is 5. The van der Waals surface area contributed by atoms with Crippen molar-refractivity contribution in [1.29, 1.82) is 0 Å². The van der Waals surface area contributed by atoms with Gasteiger partial charge in [-0.1, -0.05) is 29.8 Å². The fraction of sp³-hybridized carbons (Fsp3) is 0.100. The van der Waals surface area contributed by atoms with Crippen LogP contribution in [0.4, 0.5) is 10.1 Å². The summed E-state index contributed by atoms with van der Waals surface area (Å²) in [5.41, 5.74) is 1.25. The maximum Gasteiger partial charge on any atom is 0.268 e. The Bertz CT molecular complexity index is 1290. The van der Waals surface area contributed by atoms with E-state index in [2.05, 4.69) is 10.2 Å². The van der Waals surface area contributed by atoms with Crippen molar-refractivity contribution < 1.29 is 12.8 Å². The molecule has 4 aromatic rings. The molecule has 6 nitrogen and oxygen atoms in total. The lowest BCUT2D eigenvalue weighted by atomic mass is 10.2. The molecule has 0 aliphatic rings. The fourth-order valence-electron chi connectivity index (χ4n) is 3.03. The number of fused-ring (bicyclic) bond motifs is 1. The number of sulfonamides is 1. The van der Waals surface area contributed by atoms with Gasteiger partial charge in [0.25, 0.3) is 10.0 Å². The van der Waals surface area contributed by atoms with E-state index in [1.54, 1.807) is 60.0 Å². The molecule has 0 radical (unpaired) electrons. The van der Waals surface area contributed by atoms with Gasteiger partial charge in [0.15, 0.2) is 5.65 Å². The molecule has 0 aliphatic heterocycles. The average molecular weight is 431 g/mol. The van der Waals surface area contributed by atoms with Gasteiger partial charge in [-0.25, -0.2) is 12.8 Å². The summed E-state index contributed by atoms with van der Waals surface area (Å²) in [6, 6.07) is 15.4. The van der Waals surface area contributed by atoms with Crippen LogP contribution < -0.4 is 4.31 Å². The van der Waals surface area contributed by atoms with E-state index in [1.165, 1.54) is 22.5 Å². The molecule has 2 heterocycles. The zero-order chi connectivity index (χ0) is 20.6. The fourth-order valence-corrected chi connectivity index (χ4v) is 4.78. The van der Waals surface area contributed by atoms with Crippen LogP contribution in [0.25, 0.3) is 5.65 Å². The van der Waals surface area contributed by atoms with Crippen molar-refractivity contribution in [3.63, 3.8) is 0 Å². The second kappa shape index (κ2) is 7.46. The van der Waals surface area contributed by atoms with Crippen LogP contribution >= 0.6 is 11.6 Å². The summed E-state index contributed by atoms with van der Waals surface area (Å²) in [6.07, 6.45) is 1.70. The van der Waals surface area contributed by atoms with E-state index in [0.717, 1.165) is 0 Å². The third-order valence-corrected chi connectivity index (χ3v) is 6.50. The molecule has 148 valence electrons. The minimum absolute atomic E-state index is 0.00285. The summed E-state index contributed by atoms with van der Waals surface area (Å²) in [4.78, 5) is 0.0164. The molecule has 0 saturated heterocycles. The maximum absolute atomic E-state index is 13.7. The molecular weight excluding hydrogens is 415 g/mol. The molecule has 0 N–H and O–H groups in total. The van der Waals surface area contributed by atoms with Crippen molar-refractivity contribution >= 4 is 33.0 Å². The van der Waals surface area contributed by atoms with Crippen LogP contribution in [0.2, 0.25) is 5.02 Å². The van der Waals surface area contributed by atoms with Crippen molar-refractivity contribution in [2.75, 3.05) is 4.31 Å². The normalized spacial score (nSPS) is 11.7. The highest BCUT2D eigenvalue weighted by Crippen LogP contribution is 2.29. The van der Waals surface area contributed by atoms with Gasteiger partial charge in [0.2, 0.25) is 0 Å². The van der Waals surface area contributed by atoms with E-state index in [0.29, 0.717) is 22.1 Å². The first kappa shape index (κ1) is 19.4. The number of anilines is 1. The second-order valence-corrected chi connectivity index (χ2v) is 8.70. The quantitative estimate of drug-likeness (QED) is 0.475. The molecular formula is C20H16ClFN4O2S. The Hall–Kier alpha value is -2.97. The van der Waals surface area contributed by atoms with E-state index in [1.807, 2.05) is 0 Å². The van der Waals surface area contributed by atoms with E-state index >= 15 is 0 Å². The van der Waals surface area contributed by atoms with Crippen LogP contribution in [-0.2, 0) is 16.6 Å². The molecule has 2 aromatic carbocycles. The lowest BCUT2D eigenvalue weighted by Gasteiger charge is -2.25. The topological polar surface area (TPSA) is 67.6 Å². The Morgan fingerprint density at radius 1 is 1.07 bits per heavy atom. The molecule has 4 rings (SSSR count). The van der Waals surface area contributed by atoms with E-state index < -0.39 is 15.8 Å². The molecule has 0 spiro atoms. The highest BCUT2D eigenvalue weighted by Gasteiger charge is 2.29. The van der Waals surface area contributed by atoms with Gasteiger partial charge < -0.3 is 0 Å². The summed E-state index contributed by atoms with van der Waals surface area (Å²) < 4.78 is 43.5. The van der Waals surface area contributed by atoms with Crippen molar-refractivity contribution in [3.8, 4) is 0 Å². The number of aromatic nitrogens is 3. The Kier molecular flexibility index (Phi) is 4.97.